The molecule has 0 bridgehead atoms. The molecule has 2 aromatic carbocycles. The van der Waals surface area contributed by atoms with Crippen molar-refractivity contribution in [3.63, 3.8) is 0 Å². The van der Waals surface area contributed by atoms with Crippen molar-refractivity contribution >= 4 is 18.0 Å². The van der Waals surface area contributed by atoms with Gasteiger partial charge in [-0.25, -0.2) is 4.79 Å². The van der Waals surface area contributed by atoms with Crippen LogP contribution in [-0.2, 0) is 14.3 Å². The Bertz CT molecular complexity index is 1100. The summed E-state index contributed by atoms with van der Waals surface area (Å²) in [5.74, 6) is -1.07. The zero-order valence-corrected chi connectivity index (χ0v) is 20.0. The maximum absolute atomic E-state index is 13.4. The van der Waals surface area contributed by atoms with Gasteiger partial charge < -0.3 is 20.1 Å². The lowest BCUT2D eigenvalue weighted by Crippen LogP contribution is -2.52. The molecular formula is C28H32N2O5. The van der Waals surface area contributed by atoms with Gasteiger partial charge in [0.15, 0.2) is 0 Å². The van der Waals surface area contributed by atoms with Crippen molar-refractivity contribution in [2.45, 2.75) is 63.5 Å². The number of amides is 2. The average Bonchev–Trinajstić information content (AvgIpc) is 3.53. The highest BCUT2D eigenvalue weighted by Gasteiger charge is 2.57. The van der Waals surface area contributed by atoms with Crippen LogP contribution in [0.3, 0.4) is 0 Å². The Hall–Kier alpha value is -3.35. The number of fused-ring (bicyclic) bond motifs is 4. The largest absolute Gasteiger partial charge is 0.481 e. The lowest BCUT2D eigenvalue weighted by atomic mass is 9.82. The Morgan fingerprint density at radius 3 is 2.37 bits per heavy atom. The molecule has 2 unspecified atom stereocenters. The molecule has 0 radical (unpaired) electrons. The van der Waals surface area contributed by atoms with E-state index < -0.39 is 23.5 Å². The highest BCUT2D eigenvalue weighted by molar-refractivity contribution is 5.88. The van der Waals surface area contributed by atoms with Crippen LogP contribution in [0.1, 0.15) is 62.5 Å². The van der Waals surface area contributed by atoms with Gasteiger partial charge in [-0.2, -0.15) is 0 Å². The van der Waals surface area contributed by atoms with Crippen LogP contribution in [0.25, 0.3) is 11.1 Å². The van der Waals surface area contributed by atoms with Gasteiger partial charge in [-0.05, 0) is 47.9 Å². The summed E-state index contributed by atoms with van der Waals surface area (Å²) in [5, 5.41) is 12.6. The molecule has 7 nitrogen and oxygen atoms in total. The molecule has 7 heteroatoms. The predicted molar refractivity (Wildman–Crippen MR) is 131 cm³/mol. The third-order valence-corrected chi connectivity index (χ3v) is 8.13. The van der Waals surface area contributed by atoms with E-state index in [1.807, 2.05) is 31.2 Å². The van der Waals surface area contributed by atoms with Crippen LogP contribution in [0.4, 0.5) is 4.79 Å². The van der Waals surface area contributed by atoms with Gasteiger partial charge in [0.25, 0.3) is 0 Å². The summed E-state index contributed by atoms with van der Waals surface area (Å²) in [6.07, 6.45) is 3.15. The maximum atomic E-state index is 13.4. The van der Waals surface area contributed by atoms with E-state index in [0.29, 0.717) is 38.6 Å². The molecule has 35 heavy (non-hydrogen) atoms. The Morgan fingerprint density at radius 2 is 1.74 bits per heavy atom. The summed E-state index contributed by atoms with van der Waals surface area (Å²) < 4.78 is 5.66. The van der Waals surface area contributed by atoms with Gasteiger partial charge in [0, 0.05) is 18.5 Å². The number of nitrogens with one attached hydrogen (secondary N) is 1. The first-order valence-corrected chi connectivity index (χ1v) is 12.6. The molecule has 2 amide bonds. The first-order valence-electron chi connectivity index (χ1n) is 12.6. The smallest absolute Gasteiger partial charge is 0.407 e. The van der Waals surface area contributed by atoms with Gasteiger partial charge in [-0.3, -0.25) is 9.59 Å². The Kier molecular flexibility index (Phi) is 6.26. The van der Waals surface area contributed by atoms with Crippen LogP contribution < -0.4 is 5.32 Å². The quantitative estimate of drug-likeness (QED) is 0.611. The van der Waals surface area contributed by atoms with Gasteiger partial charge in [-0.1, -0.05) is 68.3 Å². The monoisotopic (exact) mass is 476 g/mol. The second-order valence-electron chi connectivity index (χ2n) is 9.96. The van der Waals surface area contributed by atoms with Crippen molar-refractivity contribution in [3.8, 4) is 11.1 Å². The number of hydrogen-bond donors (Lipinski definition) is 2. The second-order valence-corrected chi connectivity index (χ2v) is 9.96. The standard InChI is InChI=1S/C28H32N2O5/c1-2-8-23(25(31)30-16-15-28(26(32)33)14-7-13-24(28)30)29-27(34)35-17-22-20-11-5-3-9-18(20)19-10-4-6-12-21(19)22/h3-6,9-12,22-24H,2,7-8,13-17H2,1H3,(H,29,34)(H,32,33)/t23-,24?,28?/m0/s1. The molecule has 1 heterocycles. The van der Waals surface area contributed by atoms with Gasteiger partial charge in [-0.15, -0.1) is 0 Å². The molecule has 2 aliphatic carbocycles. The summed E-state index contributed by atoms with van der Waals surface area (Å²) >= 11 is 0. The van der Waals surface area contributed by atoms with Gasteiger partial charge >= 0.3 is 12.1 Å². The molecule has 2 N–H and O–H groups in total. The molecule has 2 aromatic rings. The average molecular weight is 477 g/mol. The van der Waals surface area contributed by atoms with E-state index in [9.17, 15) is 19.5 Å². The van der Waals surface area contributed by atoms with Crippen molar-refractivity contribution in [3.05, 3.63) is 59.7 Å². The summed E-state index contributed by atoms with van der Waals surface area (Å²) in [6.45, 7) is 2.56. The normalized spacial score (nSPS) is 23.3. The molecule has 0 spiro atoms. The SMILES string of the molecule is CCC[C@H](NC(=O)OCC1c2ccccc2-c2ccccc21)C(=O)N1CCC2(C(=O)O)CCCC12. The number of alkyl carbamates (subject to hydrolysis) is 1. The summed E-state index contributed by atoms with van der Waals surface area (Å²) in [7, 11) is 0. The van der Waals surface area contributed by atoms with Crippen LogP contribution >= 0.6 is 0 Å². The molecule has 2 fully saturated rings. The van der Waals surface area contributed by atoms with Crippen LogP contribution in [0, 0.1) is 5.41 Å². The summed E-state index contributed by atoms with van der Waals surface area (Å²) in [4.78, 5) is 40.0. The van der Waals surface area contributed by atoms with E-state index >= 15 is 0 Å². The Labute approximate surface area is 205 Å². The number of ether oxygens (including phenoxy) is 1. The maximum Gasteiger partial charge on any atom is 0.407 e. The lowest BCUT2D eigenvalue weighted by Gasteiger charge is -2.31. The molecule has 0 aromatic heterocycles. The molecule has 5 rings (SSSR count). The lowest BCUT2D eigenvalue weighted by molar-refractivity contribution is -0.150. The van der Waals surface area contributed by atoms with Crippen LogP contribution in [0.15, 0.2) is 48.5 Å². The predicted octanol–water partition coefficient (Wildman–Crippen LogP) is 4.55. The van der Waals surface area contributed by atoms with Crippen molar-refractivity contribution in [2.75, 3.05) is 13.2 Å². The molecule has 184 valence electrons. The van der Waals surface area contributed by atoms with E-state index in [0.717, 1.165) is 28.7 Å². The van der Waals surface area contributed by atoms with E-state index in [-0.39, 0.29) is 24.5 Å². The van der Waals surface area contributed by atoms with Gasteiger partial charge in [0.2, 0.25) is 5.91 Å². The highest BCUT2D eigenvalue weighted by Crippen LogP contribution is 2.49. The molecule has 1 aliphatic heterocycles. The Balaban J connectivity index is 1.26. The van der Waals surface area contributed by atoms with Crippen LogP contribution in [0.2, 0.25) is 0 Å². The number of aliphatic carboxylic acids is 1. The molecule has 1 saturated carbocycles. The zero-order chi connectivity index (χ0) is 24.6. The number of nitrogens with zero attached hydrogens (tertiary/aromatic N) is 1. The van der Waals surface area contributed by atoms with Crippen LogP contribution in [-0.4, -0.2) is 53.2 Å². The van der Waals surface area contributed by atoms with Crippen molar-refractivity contribution in [2.24, 2.45) is 5.41 Å². The zero-order valence-electron chi connectivity index (χ0n) is 20.0. The summed E-state index contributed by atoms with van der Waals surface area (Å²) in [6, 6.07) is 15.3. The first kappa shape index (κ1) is 23.4. The minimum Gasteiger partial charge on any atom is -0.481 e. The number of carbonyl (C=O) groups excluding carboxylic acids is 2. The van der Waals surface area contributed by atoms with Crippen molar-refractivity contribution in [1.29, 1.82) is 0 Å². The van der Waals surface area contributed by atoms with Crippen LogP contribution in [0.5, 0.6) is 0 Å². The first-order chi connectivity index (χ1) is 17.0. The number of rotatable bonds is 7. The number of hydrogen-bond acceptors (Lipinski definition) is 4. The number of benzene rings is 2. The van der Waals surface area contributed by atoms with E-state index in [1.165, 1.54) is 0 Å². The molecule has 3 atom stereocenters. The third kappa shape index (κ3) is 3.97. The highest BCUT2D eigenvalue weighted by atomic mass is 16.5. The number of carboxylic acids is 1. The number of likely N-dealkylation sites (tertiary alicyclic amines) is 1. The third-order valence-electron chi connectivity index (χ3n) is 8.13. The minimum atomic E-state index is -0.837. The number of carbonyl (C=O) groups is 3. The van der Waals surface area contributed by atoms with Gasteiger partial charge in [0.05, 0.1) is 5.41 Å². The second kappa shape index (κ2) is 9.36. The minimum absolute atomic E-state index is 0.0540. The Morgan fingerprint density at radius 1 is 1.09 bits per heavy atom. The topological polar surface area (TPSA) is 95.9 Å². The fourth-order valence-electron chi connectivity index (χ4n) is 6.42. The van der Waals surface area contributed by atoms with E-state index in [1.54, 1.807) is 4.90 Å². The van der Waals surface area contributed by atoms with E-state index in [2.05, 4.69) is 29.6 Å². The molecule has 1 saturated heterocycles. The summed E-state index contributed by atoms with van der Waals surface area (Å²) in [5.41, 5.74) is 3.74. The van der Waals surface area contributed by atoms with Gasteiger partial charge in [0.1, 0.15) is 12.6 Å². The van der Waals surface area contributed by atoms with Crippen molar-refractivity contribution in [1.82, 2.24) is 10.2 Å². The van der Waals surface area contributed by atoms with E-state index in [4.69, 9.17) is 4.74 Å². The number of carboxylic acid groups (broad SMARTS) is 1. The van der Waals surface area contributed by atoms with Crippen molar-refractivity contribution < 1.29 is 24.2 Å². The fraction of sp³-hybridized carbons (Fsp3) is 0.464. The fourth-order valence-corrected chi connectivity index (χ4v) is 6.42. The molecule has 3 aliphatic rings. The molecular weight excluding hydrogens is 444 g/mol.